The van der Waals surface area contributed by atoms with Crippen molar-refractivity contribution in [3.8, 4) is 0 Å². The van der Waals surface area contributed by atoms with Crippen LogP contribution in [-0.2, 0) is 4.79 Å². The molecule has 0 fully saturated rings. The van der Waals surface area contributed by atoms with Crippen LogP contribution in [0, 0.1) is 20.8 Å². The Labute approximate surface area is 168 Å². The van der Waals surface area contributed by atoms with Gasteiger partial charge in [-0.15, -0.1) is 10.2 Å². The van der Waals surface area contributed by atoms with Crippen LogP contribution in [0.3, 0.4) is 0 Å². The Balaban J connectivity index is 1.64. The molecule has 2 heterocycles. The Morgan fingerprint density at radius 1 is 1.04 bits per heavy atom. The predicted octanol–water partition coefficient (Wildman–Crippen LogP) is 4.93. The number of carbonyl (C=O) groups is 1. The van der Waals surface area contributed by atoms with Gasteiger partial charge in [0.2, 0.25) is 5.91 Å². The molecule has 1 amide bonds. The van der Waals surface area contributed by atoms with E-state index in [2.05, 4.69) is 34.6 Å². The summed E-state index contributed by atoms with van der Waals surface area (Å²) in [6, 6.07) is 16.1. The van der Waals surface area contributed by atoms with E-state index >= 15 is 0 Å². The molecular formula is C22H22N4OS. The van der Waals surface area contributed by atoms with E-state index in [9.17, 15) is 4.79 Å². The molecule has 28 heavy (non-hydrogen) atoms. The SMILES string of the molecule is Cc1cccc(NC(=O)C(C)Sc2nnc3cc(C)c4ccccc4n23)c1C. The molecule has 2 aromatic heterocycles. The van der Waals surface area contributed by atoms with E-state index < -0.39 is 0 Å². The summed E-state index contributed by atoms with van der Waals surface area (Å²) in [6.07, 6.45) is 0. The summed E-state index contributed by atoms with van der Waals surface area (Å²) in [4.78, 5) is 12.8. The van der Waals surface area contributed by atoms with Crippen molar-refractivity contribution in [3.63, 3.8) is 0 Å². The second kappa shape index (κ2) is 7.28. The Kier molecular flexibility index (Phi) is 4.81. The highest BCUT2D eigenvalue weighted by Crippen LogP contribution is 2.28. The third-order valence-corrected chi connectivity index (χ3v) is 6.13. The van der Waals surface area contributed by atoms with Gasteiger partial charge in [-0.1, -0.05) is 42.1 Å². The van der Waals surface area contributed by atoms with Gasteiger partial charge >= 0.3 is 0 Å². The maximum atomic E-state index is 12.8. The molecule has 1 atom stereocenters. The molecule has 4 rings (SSSR count). The van der Waals surface area contributed by atoms with E-state index in [1.165, 1.54) is 11.8 Å². The lowest BCUT2D eigenvalue weighted by atomic mass is 10.1. The summed E-state index contributed by atoms with van der Waals surface area (Å²) in [7, 11) is 0. The number of nitrogens with one attached hydrogen (secondary N) is 1. The third-order valence-electron chi connectivity index (χ3n) is 5.09. The van der Waals surface area contributed by atoms with Crippen molar-refractivity contribution < 1.29 is 4.79 Å². The number of pyridine rings is 1. The van der Waals surface area contributed by atoms with Crippen LogP contribution in [0.5, 0.6) is 0 Å². The first-order chi connectivity index (χ1) is 13.5. The van der Waals surface area contributed by atoms with Crippen molar-refractivity contribution in [1.82, 2.24) is 14.6 Å². The summed E-state index contributed by atoms with van der Waals surface area (Å²) < 4.78 is 2.02. The number of hydrogen-bond donors (Lipinski definition) is 1. The van der Waals surface area contributed by atoms with E-state index in [1.807, 2.05) is 61.6 Å². The van der Waals surface area contributed by atoms with Gasteiger partial charge in [0, 0.05) is 11.1 Å². The number of carbonyl (C=O) groups excluding carboxylic acids is 1. The van der Waals surface area contributed by atoms with Gasteiger partial charge in [-0.3, -0.25) is 9.20 Å². The van der Waals surface area contributed by atoms with Gasteiger partial charge in [0.15, 0.2) is 10.8 Å². The monoisotopic (exact) mass is 390 g/mol. The van der Waals surface area contributed by atoms with Gasteiger partial charge in [0.1, 0.15) is 0 Å². The number of nitrogens with zero attached hydrogens (tertiary/aromatic N) is 3. The minimum absolute atomic E-state index is 0.0492. The molecule has 0 aliphatic heterocycles. The number of aryl methyl sites for hydroxylation is 2. The molecule has 0 saturated carbocycles. The molecule has 142 valence electrons. The van der Waals surface area contributed by atoms with Crippen LogP contribution >= 0.6 is 11.8 Å². The average Bonchev–Trinajstić information content (AvgIpc) is 3.08. The number of hydrogen-bond acceptors (Lipinski definition) is 4. The minimum Gasteiger partial charge on any atom is -0.325 e. The fourth-order valence-electron chi connectivity index (χ4n) is 3.28. The van der Waals surface area contributed by atoms with Crippen LogP contribution in [0.4, 0.5) is 5.69 Å². The van der Waals surface area contributed by atoms with Crippen LogP contribution in [0.1, 0.15) is 23.6 Å². The molecule has 0 aliphatic rings. The largest absolute Gasteiger partial charge is 0.325 e. The minimum atomic E-state index is -0.313. The standard InChI is InChI=1S/C22H22N4OS/c1-13-8-7-10-18(15(13)3)23-21(27)16(4)28-22-25-24-20-12-14(2)17-9-5-6-11-19(17)26(20)22/h5-12,16H,1-4H3,(H,23,27). The normalized spacial score (nSPS) is 12.4. The summed E-state index contributed by atoms with van der Waals surface area (Å²) >= 11 is 1.42. The lowest BCUT2D eigenvalue weighted by molar-refractivity contribution is -0.115. The summed E-state index contributed by atoms with van der Waals surface area (Å²) in [6.45, 7) is 8.02. The zero-order valence-electron chi connectivity index (χ0n) is 16.4. The van der Waals surface area contributed by atoms with Crippen LogP contribution < -0.4 is 5.32 Å². The zero-order chi connectivity index (χ0) is 19.8. The van der Waals surface area contributed by atoms with E-state index in [0.29, 0.717) is 0 Å². The number of benzene rings is 2. The predicted molar refractivity (Wildman–Crippen MR) is 115 cm³/mol. The Morgan fingerprint density at radius 2 is 1.82 bits per heavy atom. The Hall–Kier alpha value is -2.86. The smallest absolute Gasteiger partial charge is 0.237 e. The van der Waals surface area contributed by atoms with Crippen LogP contribution in [0.2, 0.25) is 0 Å². The van der Waals surface area contributed by atoms with Gasteiger partial charge in [0.05, 0.1) is 10.8 Å². The molecule has 0 bridgehead atoms. The van der Waals surface area contributed by atoms with Gasteiger partial charge in [0.25, 0.3) is 0 Å². The highest BCUT2D eigenvalue weighted by Gasteiger charge is 2.20. The lowest BCUT2D eigenvalue weighted by Gasteiger charge is -2.14. The van der Waals surface area contributed by atoms with Crippen molar-refractivity contribution in [2.24, 2.45) is 0 Å². The van der Waals surface area contributed by atoms with E-state index in [4.69, 9.17) is 0 Å². The Bertz CT molecular complexity index is 1200. The first-order valence-electron chi connectivity index (χ1n) is 9.23. The zero-order valence-corrected chi connectivity index (χ0v) is 17.2. The molecule has 1 unspecified atom stereocenters. The van der Waals surface area contributed by atoms with Crippen molar-refractivity contribution in [3.05, 3.63) is 65.2 Å². The highest BCUT2D eigenvalue weighted by molar-refractivity contribution is 8.00. The van der Waals surface area contributed by atoms with E-state index in [-0.39, 0.29) is 11.2 Å². The van der Waals surface area contributed by atoms with Gasteiger partial charge in [-0.25, -0.2) is 0 Å². The summed E-state index contributed by atoms with van der Waals surface area (Å²) in [5.74, 6) is -0.0492. The quantitative estimate of drug-likeness (QED) is 0.502. The molecule has 0 spiro atoms. The maximum absolute atomic E-state index is 12.8. The molecule has 2 aromatic carbocycles. The molecule has 6 heteroatoms. The molecule has 0 radical (unpaired) electrons. The van der Waals surface area contributed by atoms with Crippen molar-refractivity contribution in [1.29, 1.82) is 0 Å². The van der Waals surface area contributed by atoms with Crippen LogP contribution in [0.25, 0.3) is 16.6 Å². The molecule has 0 aliphatic carbocycles. The van der Waals surface area contributed by atoms with Gasteiger partial charge < -0.3 is 5.32 Å². The summed E-state index contributed by atoms with van der Waals surface area (Å²) in [5, 5.41) is 13.3. The maximum Gasteiger partial charge on any atom is 0.237 e. The molecule has 5 nitrogen and oxygen atoms in total. The lowest BCUT2D eigenvalue weighted by Crippen LogP contribution is -2.23. The van der Waals surface area contributed by atoms with Crippen molar-refractivity contribution in [2.75, 3.05) is 5.32 Å². The van der Waals surface area contributed by atoms with Crippen molar-refractivity contribution >= 4 is 39.9 Å². The summed E-state index contributed by atoms with van der Waals surface area (Å²) in [5.41, 5.74) is 6.09. The number of aromatic nitrogens is 3. The van der Waals surface area contributed by atoms with Crippen LogP contribution in [0.15, 0.2) is 53.7 Å². The number of rotatable bonds is 4. The van der Waals surface area contributed by atoms with Crippen LogP contribution in [-0.4, -0.2) is 25.8 Å². The van der Waals surface area contributed by atoms with Gasteiger partial charge in [-0.2, -0.15) is 0 Å². The molecule has 0 saturated heterocycles. The number of para-hydroxylation sites is 1. The second-order valence-corrected chi connectivity index (χ2v) is 8.33. The average molecular weight is 391 g/mol. The van der Waals surface area contributed by atoms with Gasteiger partial charge in [-0.05, 0) is 62.6 Å². The number of anilines is 1. The molecule has 4 aromatic rings. The highest BCUT2D eigenvalue weighted by atomic mass is 32.2. The topological polar surface area (TPSA) is 59.3 Å². The first-order valence-corrected chi connectivity index (χ1v) is 10.1. The van der Waals surface area contributed by atoms with E-state index in [1.54, 1.807) is 0 Å². The second-order valence-electron chi connectivity index (χ2n) is 7.02. The van der Waals surface area contributed by atoms with Crippen molar-refractivity contribution in [2.45, 2.75) is 38.1 Å². The fourth-order valence-corrected chi connectivity index (χ4v) is 4.15. The number of amides is 1. The number of thioether (sulfide) groups is 1. The Morgan fingerprint density at radius 3 is 2.64 bits per heavy atom. The molecular weight excluding hydrogens is 368 g/mol. The number of fused-ring (bicyclic) bond motifs is 3. The van der Waals surface area contributed by atoms with E-state index in [0.717, 1.165) is 44.1 Å². The molecule has 1 N–H and O–H groups in total. The fraction of sp³-hybridized carbons (Fsp3) is 0.227. The first kappa shape index (κ1) is 18.5. The third kappa shape index (κ3) is 3.24.